The van der Waals surface area contributed by atoms with Gasteiger partial charge < -0.3 is 5.32 Å². The fraction of sp³-hybridized carbons (Fsp3) is 0.412. The van der Waals surface area contributed by atoms with Gasteiger partial charge in [0.05, 0.1) is 5.52 Å². The Labute approximate surface area is 133 Å². The zero-order valence-electron chi connectivity index (χ0n) is 11.9. The number of halogens is 1. The lowest BCUT2D eigenvalue weighted by Gasteiger charge is -2.26. The van der Waals surface area contributed by atoms with Gasteiger partial charge >= 0.3 is 0 Å². The molecule has 1 heterocycles. The highest BCUT2D eigenvalue weighted by Gasteiger charge is 2.33. The van der Waals surface area contributed by atoms with E-state index in [9.17, 15) is 4.79 Å². The summed E-state index contributed by atoms with van der Waals surface area (Å²) in [5.74, 6) is -0.0759. The Morgan fingerprint density at radius 3 is 2.71 bits per heavy atom. The van der Waals surface area contributed by atoms with Crippen LogP contribution in [0.4, 0.5) is 0 Å². The van der Waals surface area contributed by atoms with Gasteiger partial charge in [0.15, 0.2) is 0 Å². The van der Waals surface area contributed by atoms with Gasteiger partial charge in [-0.25, -0.2) is 4.98 Å². The minimum atomic E-state index is -0.0759. The van der Waals surface area contributed by atoms with Crippen molar-refractivity contribution in [2.45, 2.75) is 25.7 Å². The van der Waals surface area contributed by atoms with Crippen LogP contribution in [0.25, 0.3) is 10.9 Å². The van der Waals surface area contributed by atoms with E-state index in [1.807, 2.05) is 30.3 Å². The van der Waals surface area contributed by atoms with E-state index in [2.05, 4.69) is 26.2 Å². The molecule has 1 N–H and O–H groups in total. The van der Waals surface area contributed by atoms with Crippen molar-refractivity contribution in [3.8, 4) is 0 Å². The van der Waals surface area contributed by atoms with Crippen LogP contribution in [-0.4, -0.2) is 22.8 Å². The van der Waals surface area contributed by atoms with Crippen molar-refractivity contribution in [2.75, 3.05) is 11.9 Å². The van der Waals surface area contributed by atoms with Crippen LogP contribution in [0.1, 0.15) is 36.2 Å². The molecule has 0 unspecified atom stereocenters. The molecule has 0 spiro atoms. The summed E-state index contributed by atoms with van der Waals surface area (Å²) >= 11 is 3.61. The smallest absolute Gasteiger partial charge is 0.269 e. The van der Waals surface area contributed by atoms with Crippen molar-refractivity contribution < 1.29 is 4.79 Å². The third kappa shape index (κ3) is 3.10. The van der Waals surface area contributed by atoms with E-state index in [4.69, 9.17) is 0 Å². The number of hydrogen-bond donors (Lipinski definition) is 1. The lowest BCUT2D eigenvalue weighted by atomic mass is 9.89. The summed E-state index contributed by atoms with van der Waals surface area (Å²) < 4.78 is 0. The molecule has 0 saturated heterocycles. The van der Waals surface area contributed by atoms with E-state index in [1.54, 1.807) is 6.07 Å². The van der Waals surface area contributed by atoms with Crippen molar-refractivity contribution in [3.05, 3.63) is 42.1 Å². The van der Waals surface area contributed by atoms with E-state index < -0.39 is 0 Å². The summed E-state index contributed by atoms with van der Waals surface area (Å²) in [5.41, 5.74) is 1.59. The minimum absolute atomic E-state index is 0.0759. The zero-order valence-corrected chi connectivity index (χ0v) is 13.5. The Bertz CT molecular complexity index is 650. The van der Waals surface area contributed by atoms with E-state index in [0.29, 0.717) is 5.69 Å². The number of carbonyl (C=O) groups is 1. The molecule has 1 amide bonds. The van der Waals surface area contributed by atoms with Crippen LogP contribution >= 0.6 is 15.9 Å². The van der Waals surface area contributed by atoms with Crippen LogP contribution in [0.5, 0.6) is 0 Å². The molecule has 1 fully saturated rings. The number of amides is 1. The van der Waals surface area contributed by atoms with E-state index in [0.717, 1.165) is 22.8 Å². The van der Waals surface area contributed by atoms with Gasteiger partial charge in [-0.2, -0.15) is 0 Å². The molecule has 4 heteroatoms. The lowest BCUT2D eigenvalue weighted by molar-refractivity contribution is 0.0931. The lowest BCUT2D eigenvalue weighted by Crippen LogP contribution is -2.37. The number of fused-ring (bicyclic) bond motifs is 1. The number of nitrogens with zero attached hydrogens (tertiary/aromatic N) is 1. The molecule has 1 saturated carbocycles. The molecular weight excluding hydrogens is 328 g/mol. The molecule has 0 radical (unpaired) electrons. The number of para-hydroxylation sites is 1. The predicted octanol–water partition coefficient (Wildman–Crippen LogP) is 3.92. The number of hydrogen-bond acceptors (Lipinski definition) is 2. The largest absolute Gasteiger partial charge is 0.350 e. The molecule has 110 valence electrons. The van der Waals surface area contributed by atoms with Gasteiger partial charge in [0, 0.05) is 17.3 Å². The zero-order chi connectivity index (χ0) is 14.7. The van der Waals surface area contributed by atoms with Gasteiger partial charge in [-0.05, 0) is 30.4 Å². The standard InChI is InChI=1S/C17H19BrN2O/c18-11-17(9-3-4-10-17)12-19-16(21)15-8-7-13-5-1-2-6-14(13)20-15/h1-2,5-8H,3-4,9-12H2,(H,19,21). The van der Waals surface area contributed by atoms with Crippen molar-refractivity contribution >= 4 is 32.7 Å². The van der Waals surface area contributed by atoms with Crippen molar-refractivity contribution in [1.82, 2.24) is 10.3 Å². The highest BCUT2D eigenvalue weighted by Crippen LogP contribution is 2.38. The Morgan fingerprint density at radius 1 is 1.19 bits per heavy atom. The fourth-order valence-electron chi connectivity index (χ4n) is 3.03. The Hall–Kier alpha value is -1.42. The van der Waals surface area contributed by atoms with Crippen LogP contribution in [0, 0.1) is 5.41 Å². The van der Waals surface area contributed by atoms with Crippen LogP contribution in [-0.2, 0) is 0 Å². The van der Waals surface area contributed by atoms with Gasteiger partial charge in [0.25, 0.3) is 5.91 Å². The fourth-order valence-corrected chi connectivity index (χ4v) is 3.79. The summed E-state index contributed by atoms with van der Waals surface area (Å²) in [5, 5.41) is 5.07. The number of rotatable bonds is 4. The van der Waals surface area contributed by atoms with Gasteiger partial charge in [-0.1, -0.05) is 53.0 Å². The number of pyridine rings is 1. The molecule has 1 aromatic carbocycles. The third-order valence-corrected chi connectivity index (χ3v) is 5.59. The van der Waals surface area contributed by atoms with Crippen LogP contribution < -0.4 is 5.32 Å². The van der Waals surface area contributed by atoms with E-state index >= 15 is 0 Å². The summed E-state index contributed by atoms with van der Waals surface area (Å²) in [4.78, 5) is 16.8. The highest BCUT2D eigenvalue weighted by molar-refractivity contribution is 9.09. The topological polar surface area (TPSA) is 42.0 Å². The second kappa shape index (κ2) is 6.14. The monoisotopic (exact) mass is 346 g/mol. The van der Waals surface area contributed by atoms with Crippen molar-refractivity contribution in [2.24, 2.45) is 5.41 Å². The van der Waals surface area contributed by atoms with Crippen LogP contribution in [0.15, 0.2) is 36.4 Å². The number of aromatic nitrogens is 1. The van der Waals surface area contributed by atoms with E-state index in [1.165, 1.54) is 25.7 Å². The SMILES string of the molecule is O=C(NCC1(CBr)CCCC1)c1ccc2ccccc2n1. The average Bonchev–Trinajstić information content (AvgIpc) is 3.01. The Morgan fingerprint density at radius 2 is 1.95 bits per heavy atom. The third-order valence-electron chi connectivity index (χ3n) is 4.40. The number of nitrogens with one attached hydrogen (secondary N) is 1. The molecule has 3 nitrogen and oxygen atoms in total. The van der Waals surface area contributed by atoms with Gasteiger partial charge in [-0.3, -0.25) is 4.79 Å². The first-order chi connectivity index (χ1) is 10.2. The van der Waals surface area contributed by atoms with Gasteiger partial charge in [0.1, 0.15) is 5.69 Å². The number of carbonyl (C=O) groups excluding carboxylic acids is 1. The first-order valence-electron chi connectivity index (χ1n) is 7.42. The molecule has 1 aliphatic rings. The summed E-state index contributed by atoms with van der Waals surface area (Å²) in [6.07, 6.45) is 4.89. The molecule has 21 heavy (non-hydrogen) atoms. The maximum absolute atomic E-state index is 12.3. The molecule has 0 aliphatic heterocycles. The second-order valence-corrected chi connectivity index (χ2v) is 6.47. The maximum atomic E-state index is 12.3. The first kappa shape index (κ1) is 14.5. The van der Waals surface area contributed by atoms with Crippen molar-refractivity contribution in [3.63, 3.8) is 0 Å². The Kier molecular flexibility index (Phi) is 4.24. The normalized spacial score (nSPS) is 17.0. The number of alkyl halides is 1. The molecule has 2 aromatic rings. The van der Waals surface area contributed by atoms with Gasteiger partial charge in [0.2, 0.25) is 0 Å². The highest BCUT2D eigenvalue weighted by atomic mass is 79.9. The minimum Gasteiger partial charge on any atom is -0.350 e. The Balaban J connectivity index is 1.71. The first-order valence-corrected chi connectivity index (χ1v) is 8.55. The summed E-state index contributed by atoms with van der Waals surface area (Å²) in [6.45, 7) is 0.728. The second-order valence-electron chi connectivity index (χ2n) is 5.91. The molecule has 1 aromatic heterocycles. The van der Waals surface area contributed by atoms with Crippen LogP contribution in [0.2, 0.25) is 0 Å². The summed E-state index contributed by atoms with van der Waals surface area (Å²) in [6, 6.07) is 11.6. The predicted molar refractivity (Wildman–Crippen MR) is 88.8 cm³/mol. The van der Waals surface area contributed by atoms with Crippen LogP contribution in [0.3, 0.4) is 0 Å². The molecule has 0 bridgehead atoms. The molecule has 0 atom stereocenters. The molecule has 1 aliphatic carbocycles. The van der Waals surface area contributed by atoms with Crippen molar-refractivity contribution in [1.29, 1.82) is 0 Å². The molecular formula is C17H19BrN2O. The van der Waals surface area contributed by atoms with E-state index in [-0.39, 0.29) is 11.3 Å². The summed E-state index contributed by atoms with van der Waals surface area (Å²) in [7, 11) is 0. The van der Waals surface area contributed by atoms with Gasteiger partial charge in [-0.15, -0.1) is 0 Å². The maximum Gasteiger partial charge on any atom is 0.269 e. The molecule has 3 rings (SSSR count). The average molecular weight is 347 g/mol. The number of benzene rings is 1. The quantitative estimate of drug-likeness (QED) is 0.852.